The van der Waals surface area contributed by atoms with E-state index in [1.165, 1.54) is 19.3 Å². The van der Waals surface area contributed by atoms with Crippen molar-refractivity contribution < 1.29 is 23.9 Å². The Balaban J connectivity index is 1.22. The van der Waals surface area contributed by atoms with Crippen LogP contribution in [0.15, 0.2) is 0 Å². The number of esters is 1. The molecule has 1 saturated heterocycles. The molecule has 5 aliphatic rings. The Bertz CT molecular complexity index is 727. The van der Waals surface area contributed by atoms with Crippen LogP contribution in [0.25, 0.3) is 0 Å². The highest BCUT2D eigenvalue weighted by molar-refractivity contribution is 6.06. The van der Waals surface area contributed by atoms with Crippen molar-refractivity contribution in [3.05, 3.63) is 0 Å². The Hall–Kier alpha value is -2.12. The molecule has 2 N–H and O–H groups in total. The Morgan fingerprint density at radius 1 is 1.13 bits per heavy atom. The summed E-state index contributed by atoms with van der Waals surface area (Å²) in [6, 6.07) is -0.443. The Morgan fingerprint density at radius 3 is 2.20 bits per heavy atom. The van der Waals surface area contributed by atoms with Gasteiger partial charge in [0.15, 0.2) is 6.10 Å². The number of hydrogen-bond donors (Lipinski definition) is 2. The number of rotatable bonds is 7. The van der Waals surface area contributed by atoms with Crippen LogP contribution in [0.1, 0.15) is 72.1 Å². The summed E-state index contributed by atoms with van der Waals surface area (Å²) in [7, 11) is 0. The summed E-state index contributed by atoms with van der Waals surface area (Å²) in [5, 5.41) is 5.84. The second kappa shape index (κ2) is 7.54. The Labute approximate surface area is 177 Å². The first-order valence-electron chi connectivity index (χ1n) is 11.2. The summed E-state index contributed by atoms with van der Waals surface area (Å²) in [4.78, 5) is 50.0. The van der Waals surface area contributed by atoms with Gasteiger partial charge >= 0.3 is 12.0 Å². The molecule has 8 heteroatoms. The molecule has 0 radical (unpaired) electrons. The molecule has 5 rings (SSSR count). The molecule has 1 heterocycles. The van der Waals surface area contributed by atoms with Crippen LogP contribution in [0.2, 0.25) is 0 Å². The SMILES string of the molecule is C[C@H](OC(=O)CCCN1C(=O)NC(C)(C)C1=O)C(=O)NC12CC3CC(CC(C3)C1)C2. The summed E-state index contributed by atoms with van der Waals surface area (Å²) in [6.45, 7) is 5.04. The average molecular weight is 420 g/mol. The normalized spacial score (nSPS) is 34.6. The van der Waals surface area contributed by atoms with Crippen LogP contribution in [0.3, 0.4) is 0 Å². The van der Waals surface area contributed by atoms with Crippen LogP contribution in [0.4, 0.5) is 4.79 Å². The largest absolute Gasteiger partial charge is 0.453 e. The maximum absolute atomic E-state index is 12.7. The third kappa shape index (κ3) is 4.05. The van der Waals surface area contributed by atoms with Gasteiger partial charge in [0.05, 0.1) is 0 Å². The number of carbonyl (C=O) groups is 4. The van der Waals surface area contributed by atoms with E-state index < -0.39 is 23.6 Å². The molecule has 1 aliphatic heterocycles. The first-order valence-corrected chi connectivity index (χ1v) is 11.2. The zero-order chi connectivity index (χ0) is 21.7. The summed E-state index contributed by atoms with van der Waals surface area (Å²) in [6.07, 6.45) is 6.55. The van der Waals surface area contributed by atoms with E-state index in [-0.39, 0.29) is 30.3 Å². The van der Waals surface area contributed by atoms with Gasteiger partial charge in [-0.05, 0) is 83.5 Å². The van der Waals surface area contributed by atoms with Gasteiger partial charge in [0, 0.05) is 18.5 Å². The lowest BCUT2D eigenvalue weighted by atomic mass is 9.53. The van der Waals surface area contributed by atoms with Gasteiger partial charge in [-0.25, -0.2) is 4.79 Å². The molecule has 30 heavy (non-hydrogen) atoms. The van der Waals surface area contributed by atoms with Gasteiger partial charge in [0.2, 0.25) is 0 Å². The fourth-order valence-corrected chi connectivity index (χ4v) is 6.34. The van der Waals surface area contributed by atoms with Crippen LogP contribution in [-0.2, 0) is 19.1 Å². The number of hydrogen-bond acceptors (Lipinski definition) is 5. The minimum absolute atomic E-state index is 0.0481. The second-order valence-corrected chi connectivity index (χ2v) is 10.4. The van der Waals surface area contributed by atoms with E-state index in [2.05, 4.69) is 10.6 Å². The molecule has 4 aliphatic carbocycles. The number of nitrogens with one attached hydrogen (secondary N) is 2. The van der Waals surface area contributed by atoms with E-state index in [0.29, 0.717) is 6.42 Å². The lowest BCUT2D eigenvalue weighted by Gasteiger charge is -2.57. The molecular weight excluding hydrogens is 386 g/mol. The van der Waals surface area contributed by atoms with Gasteiger partial charge in [-0.3, -0.25) is 19.3 Å². The monoisotopic (exact) mass is 419 g/mol. The fraction of sp³-hybridized carbons (Fsp3) is 0.818. The van der Waals surface area contributed by atoms with Gasteiger partial charge in [-0.1, -0.05) is 0 Å². The highest BCUT2D eigenvalue weighted by atomic mass is 16.5. The maximum atomic E-state index is 12.7. The predicted molar refractivity (Wildman–Crippen MR) is 108 cm³/mol. The Kier molecular flexibility index (Phi) is 5.31. The molecular formula is C22H33N3O5. The topological polar surface area (TPSA) is 105 Å². The van der Waals surface area contributed by atoms with Crippen molar-refractivity contribution in [3.8, 4) is 0 Å². The third-order valence-electron chi connectivity index (χ3n) is 7.31. The second-order valence-electron chi connectivity index (χ2n) is 10.4. The number of amides is 4. The van der Waals surface area contributed by atoms with Crippen molar-refractivity contribution in [1.82, 2.24) is 15.5 Å². The van der Waals surface area contributed by atoms with E-state index in [1.54, 1.807) is 20.8 Å². The van der Waals surface area contributed by atoms with Gasteiger partial charge in [-0.15, -0.1) is 0 Å². The van der Waals surface area contributed by atoms with Gasteiger partial charge in [0.25, 0.3) is 11.8 Å². The van der Waals surface area contributed by atoms with E-state index >= 15 is 0 Å². The molecule has 8 nitrogen and oxygen atoms in total. The summed E-state index contributed by atoms with van der Waals surface area (Å²) in [5.74, 6) is 1.17. The van der Waals surface area contributed by atoms with E-state index in [9.17, 15) is 19.2 Å². The molecule has 166 valence electrons. The van der Waals surface area contributed by atoms with E-state index in [4.69, 9.17) is 4.74 Å². The quantitative estimate of drug-likeness (QED) is 0.486. The molecule has 0 aromatic rings. The highest BCUT2D eigenvalue weighted by Crippen LogP contribution is 2.55. The van der Waals surface area contributed by atoms with E-state index in [0.717, 1.165) is 41.9 Å². The van der Waals surface area contributed by atoms with Crippen molar-refractivity contribution in [2.45, 2.75) is 89.3 Å². The summed E-state index contributed by atoms with van der Waals surface area (Å²) in [5.41, 5.74) is -1.02. The van der Waals surface area contributed by atoms with Crippen molar-refractivity contribution >= 4 is 23.8 Å². The lowest BCUT2D eigenvalue weighted by molar-refractivity contribution is -0.156. The molecule has 0 spiro atoms. The smallest absolute Gasteiger partial charge is 0.325 e. The minimum Gasteiger partial charge on any atom is -0.453 e. The van der Waals surface area contributed by atoms with Gasteiger partial charge < -0.3 is 15.4 Å². The Morgan fingerprint density at radius 2 is 1.70 bits per heavy atom. The number of imide groups is 1. The number of carbonyl (C=O) groups excluding carboxylic acids is 4. The van der Waals surface area contributed by atoms with Crippen molar-refractivity contribution in [3.63, 3.8) is 0 Å². The minimum atomic E-state index is -0.915. The van der Waals surface area contributed by atoms with Crippen molar-refractivity contribution in [2.75, 3.05) is 6.54 Å². The molecule has 5 fully saturated rings. The standard InChI is InChI=1S/C22H33N3O5/c1-13(18(27)23-22-10-14-7-15(11-22)9-16(8-14)12-22)30-17(26)5-4-6-25-19(28)21(2,3)24-20(25)29/h13-16H,4-12H2,1-3H3,(H,23,27)(H,24,29)/t13-,14?,15?,16?,22?/m0/s1. The fourth-order valence-electron chi connectivity index (χ4n) is 6.34. The molecule has 4 amide bonds. The predicted octanol–water partition coefficient (Wildman–Crippen LogP) is 2.11. The molecule has 0 unspecified atom stereocenters. The molecule has 0 aromatic heterocycles. The molecule has 1 atom stereocenters. The van der Waals surface area contributed by atoms with Crippen LogP contribution >= 0.6 is 0 Å². The summed E-state index contributed by atoms with van der Waals surface area (Å²) < 4.78 is 5.33. The first-order chi connectivity index (χ1) is 14.1. The molecule has 4 bridgehead atoms. The number of nitrogens with zero attached hydrogens (tertiary/aromatic N) is 1. The van der Waals surface area contributed by atoms with Crippen molar-refractivity contribution in [1.29, 1.82) is 0 Å². The van der Waals surface area contributed by atoms with Crippen molar-refractivity contribution in [2.24, 2.45) is 17.8 Å². The molecule has 4 saturated carbocycles. The van der Waals surface area contributed by atoms with Crippen LogP contribution in [0, 0.1) is 17.8 Å². The van der Waals surface area contributed by atoms with E-state index in [1.807, 2.05) is 0 Å². The average Bonchev–Trinajstić information content (AvgIpc) is 2.81. The lowest BCUT2D eigenvalue weighted by Crippen LogP contribution is -2.61. The third-order valence-corrected chi connectivity index (χ3v) is 7.31. The first kappa shape index (κ1) is 21.1. The summed E-state index contributed by atoms with van der Waals surface area (Å²) >= 11 is 0. The number of ether oxygens (including phenoxy) is 1. The maximum Gasteiger partial charge on any atom is 0.325 e. The van der Waals surface area contributed by atoms with Crippen LogP contribution in [0.5, 0.6) is 0 Å². The molecule has 0 aromatic carbocycles. The van der Waals surface area contributed by atoms with Gasteiger partial charge in [0.1, 0.15) is 5.54 Å². The van der Waals surface area contributed by atoms with Gasteiger partial charge in [-0.2, -0.15) is 0 Å². The highest BCUT2D eigenvalue weighted by Gasteiger charge is 2.52. The zero-order valence-electron chi connectivity index (χ0n) is 18.2. The van der Waals surface area contributed by atoms with Crippen LogP contribution < -0.4 is 10.6 Å². The zero-order valence-corrected chi connectivity index (χ0v) is 18.2. The number of urea groups is 1. The van der Waals surface area contributed by atoms with Crippen LogP contribution in [-0.4, -0.2) is 52.4 Å².